The maximum Gasteiger partial charge on any atom is 0.352 e. The normalized spacial score (nSPS) is 11.2. The van der Waals surface area contributed by atoms with Crippen LogP contribution in [0.25, 0.3) is 28.5 Å². The van der Waals surface area contributed by atoms with Gasteiger partial charge in [-0.1, -0.05) is 72.8 Å². The van der Waals surface area contributed by atoms with Gasteiger partial charge in [0.1, 0.15) is 17.2 Å². The monoisotopic (exact) mass is 409 g/mol. The van der Waals surface area contributed by atoms with Crippen LogP contribution in [0.1, 0.15) is 16.1 Å². The first kappa shape index (κ1) is 19.9. The van der Waals surface area contributed by atoms with Gasteiger partial charge in [0.05, 0.1) is 0 Å². The highest BCUT2D eigenvalue weighted by Crippen LogP contribution is 2.27. The topological polar surface area (TPSA) is 79.5 Å². The molecule has 0 atom stereocenters. The molecule has 152 valence electrons. The van der Waals surface area contributed by atoms with Crippen LogP contribution in [0.4, 0.5) is 0 Å². The second kappa shape index (κ2) is 8.97. The Morgan fingerprint density at radius 3 is 1.94 bits per heavy atom. The summed E-state index contributed by atoms with van der Waals surface area (Å²) in [6.07, 6.45) is 1.30. The van der Waals surface area contributed by atoms with E-state index in [2.05, 4.69) is 5.32 Å². The van der Waals surface area contributed by atoms with Gasteiger partial charge in [-0.3, -0.25) is 4.79 Å². The van der Waals surface area contributed by atoms with E-state index in [0.717, 1.165) is 16.7 Å². The number of aliphatic carboxylic acids is 1. The van der Waals surface area contributed by atoms with Gasteiger partial charge in [0, 0.05) is 17.2 Å². The van der Waals surface area contributed by atoms with Crippen molar-refractivity contribution in [2.75, 3.05) is 0 Å². The summed E-state index contributed by atoms with van der Waals surface area (Å²) in [5, 5.41) is 11.9. The van der Waals surface area contributed by atoms with Gasteiger partial charge in [-0.25, -0.2) is 4.79 Å². The van der Waals surface area contributed by atoms with E-state index in [1.165, 1.54) is 6.08 Å². The van der Waals surface area contributed by atoms with E-state index in [4.69, 9.17) is 4.42 Å². The highest BCUT2D eigenvalue weighted by atomic mass is 16.4. The first-order valence-electron chi connectivity index (χ1n) is 9.67. The zero-order valence-electron chi connectivity index (χ0n) is 16.5. The number of hydrogen-bond acceptors (Lipinski definition) is 3. The minimum Gasteiger partial charge on any atom is -0.477 e. The van der Waals surface area contributed by atoms with Crippen molar-refractivity contribution in [3.05, 3.63) is 114 Å². The van der Waals surface area contributed by atoms with Gasteiger partial charge in [-0.05, 0) is 35.4 Å². The first-order chi connectivity index (χ1) is 15.1. The third-order valence-electron chi connectivity index (χ3n) is 4.70. The molecule has 0 radical (unpaired) electrons. The second-order valence-corrected chi connectivity index (χ2v) is 6.83. The van der Waals surface area contributed by atoms with Gasteiger partial charge in [-0.15, -0.1) is 0 Å². The summed E-state index contributed by atoms with van der Waals surface area (Å²) < 4.78 is 5.79. The van der Waals surface area contributed by atoms with Gasteiger partial charge in [0.25, 0.3) is 5.91 Å². The van der Waals surface area contributed by atoms with Gasteiger partial charge >= 0.3 is 5.97 Å². The molecule has 5 nitrogen and oxygen atoms in total. The molecule has 1 heterocycles. The molecule has 1 amide bonds. The van der Waals surface area contributed by atoms with Crippen molar-refractivity contribution < 1.29 is 19.1 Å². The van der Waals surface area contributed by atoms with E-state index in [9.17, 15) is 14.7 Å². The number of carbonyl (C=O) groups excluding carboxylic acids is 1. The number of nitrogens with one attached hydrogen (secondary N) is 1. The van der Waals surface area contributed by atoms with Crippen LogP contribution in [0.3, 0.4) is 0 Å². The van der Waals surface area contributed by atoms with Crippen LogP contribution < -0.4 is 5.32 Å². The lowest BCUT2D eigenvalue weighted by molar-refractivity contribution is -0.132. The maximum absolute atomic E-state index is 12.3. The summed E-state index contributed by atoms with van der Waals surface area (Å²) in [4.78, 5) is 23.9. The molecule has 2 N–H and O–H groups in total. The lowest BCUT2D eigenvalue weighted by Crippen LogP contribution is -2.27. The van der Waals surface area contributed by atoms with Crippen molar-refractivity contribution in [3.63, 3.8) is 0 Å². The van der Waals surface area contributed by atoms with E-state index < -0.39 is 11.9 Å². The lowest BCUT2D eigenvalue weighted by Gasteiger charge is -2.05. The summed E-state index contributed by atoms with van der Waals surface area (Å²) >= 11 is 0. The number of amides is 1. The molecule has 3 aromatic carbocycles. The van der Waals surface area contributed by atoms with Crippen LogP contribution in [0.15, 0.2) is 107 Å². The van der Waals surface area contributed by atoms with E-state index in [1.54, 1.807) is 42.5 Å². The Labute approximate surface area is 179 Å². The molecule has 1 aromatic heterocycles. The van der Waals surface area contributed by atoms with Crippen LogP contribution in [-0.4, -0.2) is 17.0 Å². The molecule has 0 fully saturated rings. The summed E-state index contributed by atoms with van der Waals surface area (Å²) in [6.45, 7) is 0. The van der Waals surface area contributed by atoms with Crippen LogP contribution >= 0.6 is 0 Å². The Kier molecular flexibility index (Phi) is 5.76. The SMILES string of the molecule is O=C(O)C(=Cc1ccc(-c2ccc(-c3ccccc3)cc2)o1)NC(=O)c1ccccc1. The number of rotatable bonds is 6. The van der Waals surface area contributed by atoms with Crippen molar-refractivity contribution >= 4 is 18.0 Å². The first-order valence-corrected chi connectivity index (χ1v) is 9.67. The molecule has 4 rings (SSSR count). The van der Waals surface area contributed by atoms with Crippen molar-refractivity contribution in [1.82, 2.24) is 5.32 Å². The summed E-state index contributed by atoms with van der Waals surface area (Å²) in [5.74, 6) is -0.829. The fourth-order valence-corrected chi connectivity index (χ4v) is 3.12. The molecule has 0 aliphatic heterocycles. The predicted octanol–water partition coefficient (Wildman–Crippen LogP) is 5.47. The molecule has 0 spiro atoms. The second-order valence-electron chi connectivity index (χ2n) is 6.83. The summed E-state index contributed by atoms with van der Waals surface area (Å²) in [7, 11) is 0. The fraction of sp³-hybridized carbons (Fsp3) is 0. The number of carboxylic acid groups (broad SMARTS) is 1. The molecule has 0 unspecified atom stereocenters. The van der Waals surface area contributed by atoms with E-state index in [1.807, 2.05) is 54.6 Å². The van der Waals surface area contributed by atoms with Gasteiger partial charge in [0.2, 0.25) is 0 Å². The van der Waals surface area contributed by atoms with Crippen molar-refractivity contribution in [1.29, 1.82) is 0 Å². The smallest absolute Gasteiger partial charge is 0.352 e. The Balaban J connectivity index is 1.53. The Morgan fingerprint density at radius 1 is 0.710 bits per heavy atom. The zero-order valence-corrected chi connectivity index (χ0v) is 16.5. The number of benzene rings is 3. The lowest BCUT2D eigenvalue weighted by atomic mass is 10.0. The molecule has 31 heavy (non-hydrogen) atoms. The van der Waals surface area contributed by atoms with Gasteiger partial charge in [-0.2, -0.15) is 0 Å². The highest BCUT2D eigenvalue weighted by molar-refractivity contribution is 6.02. The minimum atomic E-state index is -1.26. The molecule has 0 aliphatic rings. The van der Waals surface area contributed by atoms with Crippen LogP contribution in [0.2, 0.25) is 0 Å². The third kappa shape index (κ3) is 4.79. The van der Waals surface area contributed by atoms with Crippen LogP contribution in [-0.2, 0) is 4.79 Å². The largest absolute Gasteiger partial charge is 0.477 e. The van der Waals surface area contributed by atoms with E-state index >= 15 is 0 Å². The average molecular weight is 409 g/mol. The predicted molar refractivity (Wildman–Crippen MR) is 119 cm³/mol. The molecule has 0 saturated heterocycles. The third-order valence-corrected chi connectivity index (χ3v) is 4.70. The summed E-state index contributed by atoms with van der Waals surface area (Å²) in [6, 6.07) is 29.8. The molecular weight excluding hydrogens is 390 g/mol. The fourth-order valence-electron chi connectivity index (χ4n) is 3.12. The zero-order chi connectivity index (χ0) is 21.6. The molecular formula is C26H19NO4. The van der Waals surface area contributed by atoms with E-state index in [0.29, 0.717) is 17.1 Å². The van der Waals surface area contributed by atoms with Crippen molar-refractivity contribution in [2.45, 2.75) is 0 Å². The van der Waals surface area contributed by atoms with Crippen molar-refractivity contribution in [3.8, 4) is 22.5 Å². The maximum atomic E-state index is 12.3. The highest BCUT2D eigenvalue weighted by Gasteiger charge is 2.14. The molecule has 5 heteroatoms. The number of carboxylic acids is 1. The summed E-state index contributed by atoms with van der Waals surface area (Å²) in [5.41, 5.74) is 3.18. The van der Waals surface area contributed by atoms with Gasteiger partial charge < -0.3 is 14.8 Å². The Bertz CT molecular complexity index is 1220. The number of carbonyl (C=O) groups is 2. The molecule has 4 aromatic rings. The molecule has 0 aliphatic carbocycles. The van der Waals surface area contributed by atoms with Gasteiger partial charge in [0.15, 0.2) is 0 Å². The number of hydrogen-bond donors (Lipinski definition) is 2. The van der Waals surface area contributed by atoms with E-state index in [-0.39, 0.29) is 5.70 Å². The molecule has 0 bridgehead atoms. The Morgan fingerprint density at radius 2 is 1.29 bits per heavy atom. The minimum absolute atomic E-state index is 0.269. The number of furan rings is 1. The van der Waals surface area contributed by atoms with Crippen LogP contribution in [0.5, 0.6) is 0 Å². The Hall–Kier alpha value is -4.38. The standard InChI is InChI=1S/C26H19NO4/c28-25(21-9-5-2-6-10-21)27-23(26(29)30)17-22-15-16-24(31-22)20-13-11-19(12-14-20)18-7-3-1-4-8-18/h1-17H,(H,27,28)(H,29,30). The average Bonchev–Trinajstić information content (AvgIpc) is 3.28. The molecule has 0 saturated carbocycles. The van der Waals surface area contributed by atoms with Crippen molar-refractivity contribution in [2.24, 2.45) is 0 Å². The van der Waals surface area contributed by atoms with Crippen LogP contribution in [0, 0.1) is 0 Å². The quantitative estimate of drug-likeness (QED) is 0.414.